The largest absolute Gasteiger partial charge is 1.00 e. The third kappa shape index (κ3) is 24.5. The van der Waals surface area contributed by atoms with Crippen molar-refractivity contribution in [1.82, 2.24) is 0 Å². The average molecular weight is 214 g/mol. The number of carbonyl (C=O) groups is 2. The zero-order chi connectivity index (χ0) is 9.98. The Hall–Kier alpha value is 0.576. The molecule has 72 valence electrons. The molecule has 0 aliphatic heterocycles. The molecule has 0 atom stereocenters. The summed E-state index contributed by atoms with van der Waals surface area (Å²) >= 11 is 0. The molecule has 0 amide bonds. The first-order chi connectivity index (χ1) is 5.63. The van der Waals surface area contributed by atoms with Crippen LogP contribution in [0.5, 0.6) is 0 Å². The predicted molar refractivity (Wildman–Crippen MR) is 44.8 cm³/mol. The van der Waals surface area contributed by atoms with Crippen molar-refractivity contribution in [2.75, 3.05) is 0 Å². The van der Waals surface area contributed by atoms with Crippen LogP contribution >= 0.6 is 0 Å². The van der Waals surface area contributed by atoms with E-state index in [0.717, 1.165) is 0 Å². The first kappa shape index (κ1) is 19.2. The molecular formula is C8H15KO4. The summed E-state index contributed by atoms with van der Waals surface area (Å²) in [6.45, 7) is 5.00. The van der Waals surface area contributed by atoms with Crippen molar-refractivity contribution in [1.29, 1.82) is 0 Å². The molecule has 0 rings (SSSR count). The number of hydrogen-bond donors (Lipinski definition) is 2. The molecule has 0 aliphatic rings. The number of carboxylic acids is 2. The Balaban J connectivity index is -0.000000309. The van der Waals surface area contributed by atoms with Crippen LogP contribution in [0.25, 0.3) is 0 Å². The molecule has 5 heteroatoms. The fourth-order valence-corrected chi connectivity index (χ4v) is 0.552. The van der Waals surface area contributed by atoms with Crippen molar-refractivity contribution in [3.63, 3.8) is 0 Å². The summed E-state index contributed by atoms with van der Waals surface area (Å²) < 4.78 is 0. The van der Waals surface area contributed by atoms with Gasteiger partial charge in [-0.1, -0.05) is 0 Å². The normalized spacial score (nSPS) is 7.54. The SMILES string of the molecule is O=C(O)CCCCC(=O)O.[CH2-]C.[K+]. The number of unbranched alkanes of at least 4 members (excludes halogenated alkanes) is 1. The van der Waals surface area contributed by atoms with Crippen LogP contribution in [0.3, 0.4) is 0 Å². The van der Waals surface area contributed by atoms with Crippen molar-refractivity contribution >= 4 is 11.9 Å². The number of carboxylic acid groups (broad SMARTS) is 2. The minimum atomic E-state index is -0.870. The second kappa shape index (κ2) is 15.1. The number of rotatable bonds is 5. The first-order valence-electron chi connectivity index (χ1n) is 3.77. The maximum atomic E-state index is 9.90. The molecule has 4 nitrogen and oxygen atoms in total. The quantitative estimate of drug-likeness (QED) is 0.334. The molecule has 0 aliphatic carbocycles. The van der Waals surface area contributed by atoms with Gasteiger partial charge in [-0.05, 0) is 12.8 Å². The molecule has 0 radical (unpaired) electrons. The zero-order valence-corrected chi connectivity index (χ0v) is 11.4. The van der Waals surface area contributed by atoms with E-state index in [1.165, 1.54) is 0 Å². The van der Waals surface area contributed by atoms with Crippen molar-refractivity contribution in [2.45, 2.75) is 32.6 Å². The molecule has 0 fully saturated rings. The van der Waals surface area contributed by atoms with E-state index in [1.54, 1.807) is 6.92 Å². The summed E-state index contributed by atoms with van der Waals surface area (Å²) in [5.74, 6) is -1.74. The summed E-state index contributed by atoms with van der Waals surface area (Å²) in [5.41, 5.74) is 0. The van der Waals surface area contributed by atoms with E-state index in [2.05, 4.69) is 6.92 Å². The minimum Gasteiger partial charge on any atom is -0.481 e. The van der Waals surface area contributed by atoms with E-state index < -0.39 is 11.9 Å². The van der Waals surface area contributed by atoms with E-state index >= 15 is 0 Å². The third-order valence-corrected chi connectivity index (χ3v) is 1.03. The average Bonchev–Trinajstić information content (AvgIpc) is 2.02. The van der Waals surface area contributed by atoms with Gasteiger partial charge in [-0.15, -0.1) is 0 Å². The van der Waals surface area contributed by atoms with Crippen LogP contribution in [0, 0.1) is 6.92 Å². The summed E-state index contributed by atoms with van der Waals surface area (Å²) in [4.78, 5) is 19.8. The smallest absolute Gasteiger partial charge is 0.481 e. The number of hydrogen-bond acceptors (Lipinski definition) is 2. The summed E-state index contributed by atoms with van der Waals surface area (Å²) in [6, 6.07) is 0. The van der Waals surface area contributed by atoms with Gasteiger partial charge in [0.1, 0.15) is 0 Å². The second-order valence-electron chi connectivity index (χ2n) is 1.99. The Labute approximate surface area is 121 Å². The van der Waals surface area contributed by atoms with Crippen LogP contribution in [0.4, 0.5) is 0 Å². The van der Waals surface area contributed by atoms with Crippen LogP contribution in [0.15, 0.2) is 0 Å². The van der Waals surface area contributed by atoms with Gasteiger partial charge in [-0.25, -0.2) is 0 Å². The molecule has 0 aromatic rings. The Morgan fingerprint density at radius 3 is 1.38 bits per heavy atom. The maximum absolute atomic E-state index is 9.90. The van der Waals surface area contributed by atoms with Crippen LogP contribution in [0.2, 0.25) is 0 Å². The van der Waals surface area contributed by atoms with E-state index in [9.17, 15) is 9.59 Å². The molecule has 2 N–H and O–H groups in total. The first-order valence-corrected chi connectivity index (χ1v) is 3.77. The van der Waals surface area contributed by atoms with Gasteiger partial charge in [-0.3, -0.25) is 9.59 Å². The molecular weight excluding hydrogens is 199 g/mol. The van der Waals surface area contributed by atoms with Gasteiger partial charge < -0.3 is 17.1 Å². The maximum Gasteiger partial charge on any atom is 1.00 e. The molecule has 0 bridgehead atoms. The molecule has 0 saturated heterocycles. The van der Waals surface area contributed by atoms with Gasteiger partial charge in [0.15, 0.2) is 0 Å². The van der Waals surface area contributed by atoms with E-state index in [4.69, 9.17) is 10.2 Å². The van der Waals surface area contributed by atoms with Crippen molar-refractivity contribution in [2.24, 2.45) is 0 Å². The van der Waals surface area contributed by atoms with Crippen molar-refractivity contribution in [3.8, 4) is 0 Å². The summed E-state index contributed by atoms with van der Waals surface area (Å²) in [5, 5.41) is 16.3. The summed E-state index contributed by atoms with van der Waals surface area (Å²) in [7, 11) is 0. The topological polar surface area (TPSA) is 74.6 Å². The molecule has 0 aromatic heterocycles. The standard InChI is InChI=1S/C6H10O4.C2H5.K/c7-5(8)3-1-2-4-6(9)10;1-2;/h1-4H2,(H,7,8)(H,9,10);1H2,2H3;/q;-1;+1. The van der Waals surface area contributed by atoms with E-state index in [0.29, 0.717) is 12.8 Å². The monoisotopic (exact) mass is 214 g/mol. The fourth-order valence-electron chi connectivity index (χ4n) is 0.552. The third-order valence-electron chi connectivity index (χ3n) is 1.03. The second-order valence-corrected chi connectivity index (χ2v) is 1.99. The zero-order valence-electron chi connectivity index (χ0n) is 8.25. The number of aliphatic carboxylic acids is 2. The Bertz CT molecular complexity index is 120. The van der Waals surface area contributed by atoms with Gasteiger partial charge in [0.2, 0.25) is 0 Å². The van der Waals surface area contributed by atoms with Gasteiger partial charge >= 0.3 is 63.3 Å². The molecule has 0 saturated carbocycles. The molecule has 13 heavy (non-hydrogen) atoms. The Kier molecular flexibility index (Phi) is 22.2. The summed E-state index contributed by atoms with van der Waals surface area (Å²) in [6.07, 6.45) is 1.02. The van der Waals surface area contributed by atoms with Crippen LogP contribution < -0.4 is 51.4 Å². The van der Waals surface area contributed by atoms with Crippen molar-refractivity contribution < 1.29 is 71.2 Å². The molecule has 0 aromatic carbocycles. The van der Waals surface area contributed by atoms with Crippen LogP contribution in [-0.2, 0) is 9.59 Å². The van der Waals surface area contributed by atoms with E-state index in [1.807, 2.05) is 0 Å². The fraction of sp³-hybridized carbons (Fsp3) is 0.625. The van der Waals surface area contributed by atoms with Crippen LogP contribution in [-0.4, -0.2) is 22.2 Å². The van der Waals surface area contributed by atoms with Gasteiger partial charge in [-0.2, -0.15) is 6.92 Å². The van der Waals surface area contributed by atoms with Gasteiger partial charge in [0.05, 0.1) is 0 Å². The molecule has 0 spiro atoms. The van der Waals surface area contributed by atoms with Crippen LogP contribution in [0.1, 0.15) is 32.6 Å². The predicted octanol–water partition coefficient (Wildman–Crippen LogP) is -1.44. The Morgan fingerprint density at radius 2 is 1.23 bits per heavy atom. The molecule has 0 unspecified atom stereocenters. The molecule has 0 heterocycles. The van der Waals surface area contributed by atoms with Gasteiger partial charge in [0, 0.05) is 12.8 Å². The minimum absolute atomic E-state index is 0. The van der Waals surface area contributed by atoms with Gasteiger partial charge in [0.25, 0.3) is 0 Å². The Morgan fingerprint density at radius 1 is 1.00 bits per heavy atom. The van der Waals surface area contributed by atoms with E-state index in [-0.39, 0.29) is 64.2 Å². The van der Waals surface area contributed by atoms with Crippen molar-refractivity contribution in [3.05, 3.63) is 6.92 Å².